The topological polar surface area (TPSA) is 64.9 Å². The zero-order valence-electron chi connectivity index (χ0n) is 10.2. The molecule has 2 aromatic heterocycles. The fourth-order valence-electron chi connectivity index (χ4n) is 1.97. The molecule has 0 aliphatic rings. The molecule has 2 N–H and O–H groups in total. The Balaban J connectivity index is 2.24. The van der Waals surface area contributed by atoms with Crippen molar-refractivity contribution in [3.05, 3.63) is 53.0 Å². The monoisotopic (exact) mass is 333 g/mol. The predicted molar refractivity (Wildman–Crippen MR) is 77.2 cm³/mol. The van der Waals surface area contributed by atoms with Gasteiger partial charge in [-0.2, -0.15) is 0 Å². The number of pyridine rings is 1. The summed E-state index contributed by atoms with van der Waals surface area (Å²) in [5.74, 6) is -0.262. The molecule has 0 spiro atoms. The molecule has 0 saturated carbocycles. The van der Waals surface area contributed by atoms with Gasteiger partial charge in [-0.05, 0) is 45.8 Å². The summed E-state index contributed by atoms with van der Waals surface area (Å²) >= 11 is 3.16. The molecule has 0 unspecified atom stereocenters. The summed E-state index contributed by atoms with van der Waals surface area (Å²) in [7, 11) is 0. The van der Waals surface area contributed by atoms with E-state index in [1.165, 1.54) is 0 Å². The molecule has 0 amide bonds. The predicted octanol–water partition coefficient (Wildman–Crippen LogP) is 3.89. The highest BCUT2D eigenvalue weighted by molar-refractivity contribution is 9.10. The third kappa shape index (κ3) is 2.08. The van der Waals surface area contributed by atoms with Crippen LogP contribution in [0.4, 0.5) is 10.3 Å². The molecule has 6 heteroatoms. The van der Waals surface area contributed by atoms with Crippen LogP contribution in [0.2, 0.25) is 0 Å². The van der Waals surface area contributed by atoms with Crippen LogP contribution in [0.5, 0.6) is 0 Å². The standard InChI is InChI=1S/C14H9BrFN3O/c15-10-3-1-2-9(12(10)16)13-11(14(17)20-19-13)8-4-6-18-7-5-8/h1-7H,17H2. The molecule has 0 bridgehead atoms. The van der Waals surface area contributed by atoms with E-state index in [-0.39, 0.29) is 5.88 Å². The van der Waals surface area contributed by atoms with Crippen molar-refractivity contribution in [2.75, 3.05) is 5.73 Å². The highest BCUT2D eigenvalue weighted by Crippen LogP contribution is 2.38. The molecule has 4 nitrogen and oxygen atoms in total. The van der Waals surface area contributed by atoms with Gasteiger partial charge in [0.15, 0.2) is 0 Å². The maximum absolute atomic E-state index is 14.2. The molecule has 2 heterocycles. The SMILES string of the molecule is Nc1onc(-c2cccc(Br)c2F)c1-c1ccncc1. The van der Waals surface area contributed by atoms with Crippen molar-refractivity contribution in [1.82, 2.24) is 10.1 Å². The van der Waals surface area contributed by atoms with Crippen LogP contribution >= 0.6 is 15.9 Å². The van der Waals surface area contributed by atoms with Crippen molar-refractivity contribution in [3.8, 4) is 22.4 Å². The molecule has 1 aromatic carbocycles. The Morgan fingerprint density at radius 1 is 1.15 bits per heavy atom. The van der Waals surface area contributed by atoms with E-state index in [1.807, 2.05) is 0 Å². The summed E-state index contributed by atoms with van der Waals surface area (Å²) in [6.45, 7) is 0. The molecule has 3 rings (SSSR count). The second kappa shape index (κ2) is 5.05. The number of benzene rings is 1. The number of hydrogen-bond donors (Lipinski definition) is 1. The van der Waals surface area contributed by atoms with Crippen molar-refractivity contribution in [2.45, 2.75) is 0 Å². The van der Waals surface area contributed by atoms with Gasteiger partial charge in [0.1, 0.15) is 11.5 Å². The summed E-state index contributed by atoms with van der Waals surface area (Å²) in [6, 6.07) is 8.50. The zero-order valence-corrected chi connectivity index (χ0v) is 11.8. The van der Waals surface area contributed by atoms with Gasteiger partial charge in [0.05, 0.1) is 10.0 Å². The fourth-order valence-corrected chi connectivity index (χ4v) is 2.34. The van der Waals surface area contributed by atoms with Gasteiger partial charge < -0.3 is 10.3 Å². The van der Waals surface area contributed by atoms with Crippen molar-refractivity contribution >= 4 is 21.8 Å². The van der Waals surface area contributed by atoms with Gasteiger partial charge >= 0.3 is 0 Å². The van der Waals surface area contributed by atoms with E-state index in [0.717, 1.165) is 5.56 Å². The molecule has 0 aliphatic carbocycles. The van der Waals surface area contributed by atoms with Gasteiger partial charge in [-0.25, -0.2) is 4.39 Å². The molecular weight excluding hydrogens is 325 g/mol. The van der Waals surface area contributed by atoms with Gasteiger partial charge in [-0.3, -0.25) is 4.98 Å². The molecule has 0 atom stereocenters. The van der Waals surface area contributed by atoms with Gasteiger partial charge in [0.2, 0.25) is 5.88 Å². The highest BCUT2D eigenvalue weighted by atomic mass is 79.9. The van der Waals surface area contributed by atoms with Crippen LogP contribution in [0.25, 0.3) is 22.4 Å². The fraction of sp³-hybridized carbons (Fsp3) is 0. The van der Waals surface area contributed by atoms with Crippen molar-refractivity contribution < 1.29 is 8.91 Å². The second-order valence-electron chi connectivity index (χ2n) is 4.11. The first-order chi connectivity index (χ1) is 9.68. The zero-order chi connectivity index (χ0) is 14.1. The molecule has 0 aliphatic heterocycles. The van der Waals surface area contributed by atoms with Crippen LogP contribution in [-0.2, 0) is 0 Å². The van der Waals surface area contributed by atoms with Gasteiger partial charge in [0.25, 0.3) is 0 Å². The molecule has 20 heavy (non-hydrogen) atoms. The van der Waals surface area contributed by atoms with E-state index < -0.39 is 5.82 Å². The lowest BCUT2D eigenvalue weighted by molar-refractivity contribution is 0.439. The Hall–Kier alpha value is -2.21. The lowest BCUT2D eigenvalue weighted by Crippen LogP contribution is -1.91. The Morgan fingerprint density at radius 2 is 1.90 bits per heavy atom. The van der Waals surface area contributed by atoms with Crippen molar-refractivity contribution in [2.24, 2.45) is 0 Å². The second-order valence-corrected chi connectivity index (χ2v) is 4.96. The minimum absolute atomic E-state index is 0.144. The molecule has 0 fully saturated rings. The Kier molecular flexibility index (Phi) is 3.23. The molecule has 0 radical (unpaired) electrons. The first kappa shape index (κ1) is 12.8. The normalized spacial score (nSPS) is 10.7. The number of nitrogens with two attached hydrogens (primary N) is 1. The van der Waals surface area contributed by atoms with E-state index in [0.29, 0.717) is 21.3 Å². The average molecular weight is 334 g/mol. The number of anilines is 1. The van der Waals surface area contributed by atoms with E-state index in [9.17, 15) is 4.39 Å². The van der Waals surface area contributed by atoms with Crippen LogP contribution in [0.15, 0.2) is 51.7 Å². The maximum Gasteiger partial charge on any atom is 0.230 e. The van der Waals surface area contributed by atoms with Crippen LogP contribution in [-0.4, -0.2) is 10.1 Å². The Labute approximate surface area is 122 Å². The van der Waals surface area contributed by atoms with E-state index in [2.05, 4.69) is 26.1 Å². The number of rotatable bonds is 2. The third-order valence-electron chi connectivity index (χ3n) is 2.89. The van der Waals surface area contributed by atoms with E-state index >= 15 is 0 Å². The first-order valence-corrected chi connectivity index (χ1v) is 6.57. The van der Waals surface area contributed by atoms with Crippen LogP contribution < -0.4 is 5.73 Å². The summed E-state index contributed by atoms with van der Waals surface area (Å²) in [4.78, 5) is 3.95. The summed E-state index contributed by atoms with van der Waals surface area (Å²) in [6.07, 6.45) is 3.26. The van der Waals surface area contributed by atoms with Crippen molar-refractivity contribution in [1.29, 1.82) is 0 Å². The smallest absolute Gasteiger partial charge is 0.230 e. The van der Waals surface area contributed by atoms with Crippen LogP contribution in [0, 0.1) is 5.82 Å². The summed E-state index contributed by atoms with van der Waals surface area (Å²) < 4.78 is 19.6. The molecule has 3 aromatic rings. The summed E-state index contributed by atoms with van der Waals surface area (Å²) in [5.41, 5.74) is 7.84. The number of hydrogen-bond acceptors (Lipinski definition) is 4. The van der Waals surface area contributed by atoms with Crippen LogP contribution in [0.3, 0.4) is 0 Å². The summed E-state index contributed by atoms with van der Waals surface area (Å²) in [5, 5.41) is 3.88. The number of halogens is 2. The quantitative estimate of drug-likeness (QED) is 0.772. The molecule has 100 valence electrons. The molecular formula is C14H9BrFN3O. The van der Waals surface area contributed by atoms with E-state index in [1.54, 1.807) is 42.7 Å². The Bertz CT molecular complexity index is 758. The van der Waals surface area contributed by atoms with Gasteiger partial charge in [0, 0.05) is 18.0 Å². The maximum atomic E-state index is 14.2. The highest BCUT2D eigenvalue weighted by Gasteiger charge is 2.20. The number of aromatic nitrogens is 2. The average Bonchev–Trinajstić information content (AvgIpc) is 2.84. The first-order valence-electron chi connectivity index (χ1n) is 5.78. The van der Waals surface area contributed by atoms with Crippen molar-refractivity contribution in [3.63, 3.8) is 0 Å². The lowest BCUT2D eigenvalue weighted by Gasteiger charge is -2.04. The van der Waals surface area contributed by atoms with Gasteiger partial charge in [-0.15, -0.1) is 0 Å². The number of nitrogens with zero attached hydrogens (tertiary/aromatic N) is 2. The minimum atomic E-state index is -0.406. The Morgan fingerprint density at radius 3 is 2.65 bits per heavy atom. The third-order valence-corrected chi connectivity index (χ3v) is 3.51. The van der Waals surface area contributed by atoms with Crippen LogP contribution in [0.1, 0.15) is 0 Å². The van der Waals surface area contributed by atoms with E-state index in [4.69, 9.17) is 10.3 Å². The number of nitrogen functional groups attached to an aromatic ring is 1. The molecule has 0 saturated heterocycles. The van der Waals surface area contributed by atoms with Gasteiger partial charge in [-0.1, -0.05) is 11.2 Å². The largest absolute Gasteiger partial charge is 0.367 e. The minimum Gasteiger partial charge on any atom is -0.367 e. The lowest BCUT2D eigenvalue weighted by atomic mass is 10.0.